The Hall–Kier alpha value is -2.36. The highest BCUT2D eigenvalue weighted by molar-refractivity contribution is 5.83. The van der Waals surface area contributed by atoms with Crippen molar-refractivity contribution in [3.8, 4) is 0 Å². The molecule has 1 aromatic heterocycles. The van der Waals surface area contributed by atoms with Gasteiger partial charge >= 0.3 is 0 Å². The SMILES string of the molecule is CNc1ccc2ccn(Cc3cc(F)cc(F)c3)c2c1. The number of nitrogens with one attached hydrogen (secondary N) is 1. The largest absolute Gasteiger partial charge is 0.388 e. The number of hydrogen-bond acceptors (Lipinski definition) is 1. The first-order chi connectivity index (χ1) is 9.65. The van der Waals surface area contributed by atoms with Gasteiger partial charge in [0.2, 0.25) is 0 Å². The number of nitrogens with zero attached hydrogens (tertiary/aromatic N) is 1. The molecule has 0 aliphatic heterocycles. The van der Waals surface area contributed by atoms with Crippen molar-refractivity contribution >= 4 is 16.6 Å². The Morgan fingerprint density at radius 1 is 1.00 bits per heavy atom. The number of hydrogen-bond donors (Lipinski definition) is 1. The molecule has 0 spiro atoms. The van der Waals surface area contributed by atoms with Crippen LogP contribution in [0.2, 0.25) is 0 Å². The van der Waals surface area contributed by atoms with Crippen molar-refractivity contribution in [2.75, 3.05) is 12.4 Å². The smallest absolute Gasteiger partial charge is 0.126 e. The van der Waals surface area contributed by atoms with E-state index in [1.807, 2.05) is 42.1 Å². The zero-order chi connectivity index (χ0) is 14.1. The summed E-state index contributed by atoms with van der Waals surface area (Å²) in [5.74, 6) is -1.10. The Kier molecular flexibility index (Phi) is 3.14. The molecule has 3 aromatic rings. The summed E-state index contributed by atoms with van der Waals surface area (Å²) in [6, 6.07) is 11.6. The molecular weight excluding hydrogens is 258 g/mol. The molecule has 2 nitrogen and oxygen atoms in total. The molecule has 0 saturated heterocycles. The Morgan fingerprint density at radius 3 is 2.45 bits per heavy atom. The quantitative estimate of drug-likeness (QED) is 0.762. The average Bonchev–Trinajstić information content (AvgIpc) is 2.80. The maximum Gasteiger partial charge on any atom is 0.126 e. The standard InChI is InChI=1S/C16H14F2N2/c1-19-15-3-2-12-4-5-20(16(12)9-15)10-11-6-13(17)8-14(18)7-11/h2-9,19H,10H2,1H3. The van der Waals surface area contributed by atoms with E-state index >= 15 is 0 Å². The van der Waals surface area contributed by atoms with Gasteiger partial charge in [-0.25, -0.2) is 8.78 Å². The maximum atomic E-state index is 13.2. The third-order valence-corrected chi connectivity index (χ3v) is 3.34. The summed E-state index contributed by atoms with van der Waals surface area (Å²) in [7, 11) is 1.86. The molecule has 3 rings (SSSR count). The average molecular weight is 272 g/mol. The predicted octanol–water partition coefficient (Wildman–Crippen LogP) is 4.01. The van der Waals surface area contributed by atoms with E-state index in [-0.39, 0.29) is 0 Å². The van der Waals surface area contributed by atoms with Crippen molar-refractivity contribution in [3.63, 3.8) is 0 Å². The number of halogens is 2. The van der Waals surface area contributed by atoms with E-state index in [4.69, 9.17) is 0 Å². The lowest BCUT2D eigenvalue weighted by molar-refractivity contribution is 0.578. The van der Waals surface area contributed by atoms with Gasteiger partial charge in [-0.15, -0.1) is 0 Å². The van der Waals surface area contributed by atoms with Crippen molar-refractivity contribution in [2.45, 2.75) is 6.54 Å². The van der Waals surface area contributed by atoms with Crippen LogP contribution in [0.15, 0.2) is 48.7 Å². The van der Waals surface area contributed by atoms with Gasteiger partial charge in [-0.05, 0) is 41.3 Å². The van der Waals surface area contributed by atoms with Crippen molar-refractivity contribution in [1.29, 1.82) is 0 Å². The summed E-state index contributed by atoms with van der Waals surface area (Å²) >= 11 is 0. The van der Waals surface area contributed by atoms with Crippen molar-refractivity contribution in [1.82, 2.24) is 4.57 Å². The lowest BCUT2D eigenvalue weighted by atomic mass is 10.2. The van der Waals surface area contributed by atoms with Crippen LogP contribution in [0, 0.1) is 11.6 Å². The Bertz CT molecular complexity index is 742. The van der Waals surface area contributed by atoms with E-state index in [0.717, 1.165) is 22.7 Å². The first-order valence-electron chi connectivity index (χ1n) is 6.37. The third kappa shape index (κ3) is 2.37. The van der Waals surface area contributed by atoms with E-state index in [1.165, 1.54) is 12.1 Å². The highest BCUT2D eigenvalue weighted by atomic mass is 19.1. The molecule has 1 heterocycles. The van der Waals surface area contributed by atoms with Crippen molar-refractivity contribution in [2.24, 2.45) is 0 Å². The molecule has 0 fully saturated rings. The summed E-state index contributed by atoms with van der Waals surface area (Å²) < 4.78 is 28.4. The molecule has 0 amide bonds. The van der Waals surface area contributed by atoms with Crippen molar-refractivity contribution < 1.29 is 8.78 Å². The minimum Gasteiger partial charge on any atom is -0.388 e. The number of rotatable bonds is 3. The van der Waals surface area contributed by atoms with Crippen LogP contribution in [0.25, 0.3) is 10.9 Å². The minimum absolute atomic E-state index is 0.436. The Balaban J connectivity index is 2.01. The normalized spacial score (nSPS) is 10.9. The zero-order valence-corrected chi connectivity index (χ0v) is 11.0. The molecule has 0 aliphatic carbocycles. The first kappa shape index (κ1) is 12.7. The van der Waals surface area contributed by atoms with Gasteiger partial charge in [-0.1, -0.05) is 6.07 Å². The highest BCUT2D eigenvalue weighted by Crippen LogP contribution is 2.21. The van der Waals surface area contributed by atoms with Gasteiger partial charge in [0.05, 0.1) is 5.52 Å². The lowest BCUT2D eigenvalue weighted by Crippen LogP contribution is -1.99. The number of benzene rings is 2. The van der Waals surface area contributed by atoms with Gasteiger partial charge in [0.25, 0.3) is 0 Å². The predicted molar refractivity (Wildman–Crippen MR) is 76.9 cm³/mol. The van der Waals surface area contributed by atoms with E-state index in [1.54, 1.807) is 0 Å². The van der Waals surface area contributed by atoms with Crippen LogP contribution in [-0.2, 0) is 6.54 Å². The second kappa shape index (κ2) is 4.96. The van der Waals surface area contributed by atoms with E-state index in [2.05, 4.69) is 5.32 Å². The van der Waals surface area contributed by atoms with Gasteiger partial charge in [0.15, 0.2) is 0 Å². The fourth-order valence-corrected chi connectivity index (χ4v) is 2.38. The van der Waals surface area contributed by atoms with Gasteiger partial charge in [0, 0.05) is 31.5 Å². The second-order valence-corrected chi connectivity index (χ2v) is 4.74. The van der Waals surface area contributed by atoms with Crippen molar-refractivity contribution in [3.05, 3.63) is 65.9 Å². The summed E-state index contributed by atoms with van der Waals surface area (Å²) in [6.45, 7) is 0.436. The van der Waals surface area contributed by atoms with Gasteiger partial charge in [-0.3, -0.25) is 0 Å². The van der Waals surface area contributed by atoms with E-state index in [0.29, 0.717) is 12.1 Å². The van der Waals surface area contributed by atoms with E-state index < -0.39 is 11.6 Å². The van der Waals surface area contributed by atoms with Crippen LogP contribution in [0.5, 0.6) is 0 Å². The Morgan fingerprint density at radius 2 is 1.75 bits per heavy atom. The molecule has 0 atom stereocenters. The molecule has 20 heavy (non-hydrogen) atoms. The molecule has 0 bridgehead atoms. The van der Waals surface area contributed by atoms with Crippen LogP contribution < -0.4 is 5.32 Å². The minimum atomic E-state index is -0.549. The van der Waals surface area contributed by atoms with Gasteiger partial charge in [-0.2, -0.15) is 0 Å². The molecule has 0 aliphatic rings. The zero-order valence-electron chi connectivity index (χ0n) is 11.0. The Labute approximate surface area is 115 Å². The van der Waals surface area contributed by atoms with Crippen LogP contribution in [-0.4, -0.2) is 11.6 Å². The van der Waals surface area contributed by atoms with Crippen LogP contribution in [0.4, 0.5) is 14.5 Å². The number of anilines is 1. The van der Waals surface area contributed by atoms with Crippen LogP contribution >= 0.6 is 0 Å². The first-order valence-corrected chi connectivity index (χ1v) is 6.37. The lowest BCUT2D eigenvalue weighted by Gasteiger charge is -2.08. The molecule has 102 valence electrons. The molecule has 0 radical (unpaired) electrons. The fourth-order valence-electron chi connectivity index (χ4n) is 2.38. The topological polar surface area (TPSA) is 17.0 Å². The fraction of sp³-hybridized carbons (Fsp3) is 0.125. The second-order valence-electron chi connectivity index (χ2n) is 4.74. The molecular formula is C16H14F2N2. The summed E-state index contributed by atoms with van der Waals surface area (Å²) in [4.78, 5) is 0. The summed E-state index contributed by atoms with van der Waals surface area (Å²) in [5.41, 5.74) is 2.64. The third-order valence-electron chi connectivity index (χ3n) is 3.34. The maximum absolute atomic E-state index is 13.2. The molecule has 0 saturated carbocycles. The van der Waals surface area contributed by atoms with Gasteiger partial charge < -0.3 is 9.88 Å². The molecule has 2 aromatic carbocycles. The monoisotopic (exact) mass is 272 g/mol. The van der Waals surface area contributed by atoms with Gasteiger partial charge in [0.1, 0.15) is 11.6 Å². The number of aromatic nitrogens is 1. The summed E-state index contributed by atoms with van der Waals surface area (Å²) in [6.07, 6.45) is 1.92. The highest BCUT2D eigenvalue weighted by Gasteiger charge is 2.05. The molecule has 0 unspecified atom stereocenters. The van der Waals surface area contributed by atoms with E-state index in [9.17, 15) is 8.78 Å². The van der Waals surface area contributed by atoms with Crippen LogP contribution in [0.3, 0.4) is 0 Å². The van der Waals surface area contributed by atoms with Crippen LogP contribution in [0.1, 0.15) is 5.56 Å². The number of fused-ring (bicyclic) bond motifs is 1. The summed E-state index contributed by atoms with van der Waals surface area (Å²) in [5, 5.41) is 4.18. The molecule has 1 N–H and O–H groups in total. The molecule has 4 heteroatoms.